The molecule has 0 fully saturated rings. The number of carboxylic acids is 1. The van der Waals surface area contributed by atoms with E-state index in [2.05, 4.69) is 19.4 Å². The molecule has 0 aliphatic rings. The molecule has 0 unspecified atom stereocenters. The van der Waals surface area contributed by atoms with Gasteiger partial charge in [0.25, 0.3) is 5.91 Å². The Kier molecular flexibility index (Phi) is 3.72. The lowest BCUT2D eigenvalue weighted by Gasteiger charge is -1.97. The topological polar surface area (TPSA) is 154 Å². The van der Waals surface area contributed by atoms with Crippen LogP contribution >= 0.6 is 11.5 Å². The molecule has 1 aromatic heterocycles. The summed E-state index contributed by atoms with van der Waals surface area (Å²) in [6, 6.07) is 0. The average Bonchev–Trinajstić information content (AvgIpc) is 2.58. The summed E-state index contributed by atoms with van der Waals surface area (Å²) in [5.74, 6) is -2.28. The summed E-state index contributed by atoms with van der Waals surface area (Å²) in [7, 11) is 0. The number of anilines is 1. The molecular weight excluding hydrogens is 238 g/mol. The van der Waals surface area contributed by atoms with E-state index in [4.69, 9.17) is 16.6 Å². The fraction of sp³-hybridized carbons (Fsp3) is 0.167. The van der Waals surface area contributed by atoms with Crippen molar-refractivity contribution >= 4 is 34.3 Å². The number of oxime groups is 1. The summed E-state index contributed by atoms with van der Waals surface area (Å²) in [4.78, 5) is 29.1. The van der Waals surface area contributed by atoms with Gasteiger partial charge in [0, 0.05) is 11.5 Å². The van der Waals surface area contributed by atoms with E-state index in [-0.39, 0.29) is 16.7 Å². The van der Waals surface area contributed by atoms with Gasteiger partial charge in [0.2, 0.25) is 18.1 Å². The summed E-state index contributed by atoms with van der Waals surface area (Å²) in [6.07, 6.45) is 0. The van der Waals surface area contributed by atoms with Crippen LogP contribution in [0, 0.1) is 0 Å². The van der Waals surface area contributed by atoms with Crippen LogP contribution in [0.5, 0.6) is 0 Å². The summed E-state index contributed by atoms with van der Waals surface area (Å²) in [6.45, 7) is -0.698. The number of rotatable bonds is 5. The fourth-order valence-electron chi connectivity index (χ4n) is 0.679. The number of carbonyl (C=O) groups excluding carboxylic acids is 1. The highest BCUT2D eigenvalue weighted by Gasteiger charge is 2.17. The first-order valence-corrected chi connectivity index (χ1v) is 4.59. The number of carboxylic acid groups (broad SMARTS) is 1. The van der Waals surface area contributed by atoms with Crippen molar-refractivity contribution in [3.8, 4) is 0 Å². The molecule has 0 aliphatic carbocycles. The highest BCUT2D eigenvalue weighted by atomic mass is 32.1. The number of hydrogen-bond donors (Lipinski definition) is 3. The van der Waals surface area contributed by atoms with Gasteiger partial charge in [-0.1, -0.05) is 5.16 Å². The summed E-state index contributed by atoms with van der Waals surface area (Å²) in [5.41, 5.74) is 9.90. The van der Waals surface area contributed by atoms with Crippen LogP contribution in [-0.2, 0) is 14.4 Å². The van der Waals surface area contributed by atoms with Gasteiger partial charge in [0.1, 0.15) is 0 Å². The Bertz CT molecular complexity index is 442. The van der Waals surface area contributed by atoms with Crippen molar-refractivity contribution in [2.24, 2.45) is 10.9 Å². The van der Waals surface area contributed by atoms with Gasteiger partial charge in [-0.25, -0.2) is 4.79 Å². The van der Waals surface area contributed by atoms with Crippen molar-refractivity contribution in [3.63, 3.8) is 0 Å². The molecule has 0 saturated heterocycles. The van der Waals surface area contributed by atoms with Crippen molar-refractivity contribution in [3.05, 3.63) is 5.82 Å². The maximum absolute atomic E-state index is 10.9. The van der Waals surface area contributed by atoms with Crippen LogP contribution in [0.4, 0.5) is 5.13 Å². The van der Waals surface area contributed by atoms with Gasteiger partial charge in [0.05, 0.1) is 0 Å². The third-order valence-electron chi connectivity index (χ3n) is 1.23. The average molecular weight is 245 g/mol. The number of hydrogen-bond acceptors (Lipinski definition) is 8. The van der Waals surface area contributed by atoms with Crippen LogP contribution in [0.1, 0.15) is 5.82 Å². The number of aliphatic carboxylic acids is 1. The van der Waals surface area contributed by atoms with Crippen molar-refractivity contribution < 1.29 is 19.5 Å². The molecule has 1 aromatic rings. The minimum atomic E-state index is -1.24. The minimum Gasteiger partial charge on any atom is -0.479 e. The maximum Gasteiger partial charge on any atom is 0.344 e. The first-order chi connectivity index (χ1) is 7.50. The predicted molar refractivity (Wildman–Crippen MR) is 53.6 cm³/mol. The zero-order chi connectivity index (χ0) is 12.1. The fourth-order valence-corrected chi connectivity index (χ4v) is 1.11. The SMILES string of the molecule is NC(=O)/C(=N\OCC(=O)O)c1nsc(N)n1. The molecule has 0 radical (unpaired) electrons. The van der Waals surface area contributed by atoms with Crippen molar-refractivity contribution in [2.45, 2.75) is 0 Å². The van der Waals surface area contributed by atoms with Crippen LogP contribution < -0.4 is 11.5 Å². The Hall–Kier alpha value is -2.23. The molecule has 1 rings (SSSR count). The van der Waals surface area contributed by atoms with Crippen LogP contribution in [-0.4, -0.2) is 38.7 Å². The molecule has 0 spiro atoms. The third kappa shape index (κ3) is 3.16. The second kappa shape index (κ2) is 5.02. The van der Waals surface area contributed by atoms with E-state index in [9.17, 15) is 9.59 Å². The Morgan fingerprint density at radius 1 is 1.56 bits per heavy atom. The Morgan fingerprint density at radius 3 is 2.69 bits per heavy atom. The molecule has 0 aromatic carbocycles. The second-order valence-electron chi connectivity index (χ2n) is 2.43. The highest BCUT2D eigenvalue weighted by molar-refractivity contribution is 7.09. The largest absolute Gasteiger partial charge is 0.479 e. The molecule has 1 amide bonds. The first kappa shape index (κ1) is 11.8. The van der Waals surface area contributed by atoms with Crippen LogP contribution in [0.25, 0.3) is 0 Å². The van der Waals surface area contributed by atoms with Gasteiger partial charge in [-0.05, 0) is 0 Å². The van der Waals surface area contributed by atoms with Crippen molar-refractivity contribution in [1.29, 1.82) is 0 Å². The number of nitrogen functional groups attached to an aromatic ring is 1. The van der Waals surface area contributed by atoms with E-state index in [1.54, 1.807) is 0 Å². The number of nitrogens with zero attached hydrogens (tertiary/aromatic N) is 3. The van der Waals surface area contributed by atoms with Crippen LogP contribution in [0.2, 0.25) is 0 Å². The van der Waals surface area contributed by atoms with Crippen molar-refractivity contribution in [2.75, 3.05) is 12.3 Å². The van der Waals surface area contributed by atoms with Gasteiger partial charge in [-0.15, -0.1) is 0 Å². The van der Waals surface area contributed by atoms with Crippen LogP contribution in [0.15, 0.2) is 5.16 Å². The zero-order valence-corrected chi connectivity index (χ0v) is 8.60. The number of primary amides is 1. The summed E-state index contributed by atoms with van der Waals surface area (Å²) < 4.78 is 3.68. The number of amides is 1. The second-order valence-corrected chi connectivity index (χ2v) is 3.21. The quantitative estimate of drug-likeness (QED) is 0.417. The predicted octanol–water partition coefficient (Wildman–Crippen LogP) is -1.59. The Morgan fingerprint density at radius 2 is 2.25 bits per heavy atom. The number of carbonyl (C=O) groups is 2. The lowest BCUT2D eigenvalue weighted by molar-refractivity contribution is -0.142. The molecular formula is C6H7N5O4S. The van der Waals surface area contributed by atoms with E-state index in [1.165, 1.54) is 0 Å². The van der Waals surface area contributed by atoms with Gasteiger partial charge in [-0.2, -0.15) is 9.36 Å². The van der Waals surface area contributed by atoms with E-state index < -0.39 is 18.5 Å². The van der Waals surface area contributed by atoms with Gasteiger partial charge in [-0.3, -0.25) is 4.79 Å². The molecule has 5 N–H and O–H groups in total. The monoisotopic (exact) mass is 245 g/mol. The molecule has 0 aliphatic heterocycles. The minimum absolute atomic E-state index is 0.0969. The number of nitrogens with two attached hydrogens (primary N) is 2. The normalized spacial score (nSPS) is 11.1. The first-order valence-electron chi connectivity index (χ1n) is 3.82. The van der Waals surface area contributed by atoms with Gasteiger partial charge in [0.15, 0.2) is 5.13 Å². The number of aromatic nitrogens is 2. The smallest absolute Gasteiger partial charge is 0.344 e. The van der Waals surface area contributed by atoms with Gasteiger partial charge >= 0.3 is 5.97 Å². The standard InChI is InChI=1S/C6H7N5O4S/c7-4(14)3(10-15-1-2(12)13)5-9-6(8)16-11-5/h1H2,(H2,7,14)(H,12,13)(H2,8,9,11)/b10-3+. The lowest BCUT2D eigenvalue weighted by Crippen LogP contribution is -2.26. The van der Waals surface area contributed by atoms with E-state index >= 15 is 0 Å². The van der Waals surface area contributed by atoms with Gasteiger partial charge < -0.3 is 21.4 Å². The molecule has 10 heteroatoms. The highest BCUT2D eigenvalue weighted by Crippen LogP contribution is 2.06. The summed E-state index contributed by atoms with van der Waals surface area (Å²) >= 11 is 0.846. The third-order valence-corrected chi connectivity index (χ3v) is 1.77. The van der Waals surface area contributed by atoms with Crippen molar-refractivity contribution in [1.82, 2.24) is 9.36 Å². The zero-order valence-electron chi connectivity index (χ0n) is 7.78. The summed E-state index contributed by atoms with van der Waals surface area (Å²) in [5, 5.41) is 11.6. The molecule has 1 heterocycles. The molecule has 9 nitrogen and oxygen atoms in total. The molecule has 0 bridgehead atoms. The van der Waals surface area contributed by atoms with Crippen LogP contribution in [0.3, 0.4) is 0 Å². The lowest BCUT2D eigenvalue weighted by atomic mass is 10.3. The molecule has 0 saturated carbocycles. The Balaban J connectivity index is 2.83. The van der Waals surface area contributed by atoms with E-state index in [0.29, 0.717) is 0 Å². The Labute approximate surface area is 92.9 Å². The molecule has 16 heavy (non-hydrogen) atoms. The molecule has 86 valence electrons. The van der Waals surface area contributed by atoms with E-state index in [1.807, 2.05) is 0 Å². The molecule has 0 atom stereocenters. The maximum atomic E-state index is 10.9. The van der Waals surface area contributed by atoms with E-state index in [0.717, 1.165) is 11.5 Å².